The van der Waals surface area contributed by atoms with Gasteiger partial charge in [0.05, 0.1) is 25.0 Å². The van der Waals surface area contributed by atoms with Gasteiger partial charge in [-0.1, -0.05) is 0 Å². The number of aromatic nitrogens is 2. The minimum absolute atomic E-state index is 0. The lowest BCUT2D eigenvalue weighted by Crippen LogP contribution is -2.33. The second-order valence-corrected chi connectivity index (χ2v) is 5.98. The molecule has 1 heterocycles. The fraction of sp³-hybridized carbons (Fsp3) is 0.200. The number of nitrogens with zero attached hydrogens (tertiary/aromatic N) is 2. The highest BCUT2D eigenvalue weighted by Crippen LogP contribution is 2.30. The number of nitrogens with two attached hydrogens (primary N) is 1. The summed E-state index contributed by atoms with van der Waals surface area (Å²) in [7, 11) is 1.55. The van der Waals surface area contributed by atoms with Gasteiger partial charge in [-0.25, -0.2) is 13.5 Å². The molecule has 1 amide bonds. The predicted molar refractivity (Wildman–Crippen MR) is 110 cm³/mol. The molecule has 0 aliphatic rings. The molecule has 30 heavy (non-hydrogen) atoms. The number of carbonyl (C=O) groups excluding carboxylic acids is 1. The van der Waals surface area contributed by atoms with Gasteiger partial charge < -0.3 is 20.5 Å². The summed E-state index contributed by atoms with van der Waals surface area (Å²) in [4.78, 5) is 11.1. The normalized spacial score (nSPS) is 10.4. The third-order valence-electron chi connectivity index (χ3n) is 4.11. The summed E-state index contributed by atoms with van der Waals surface area (Å²) in [5.41, 5.74) is 6.69. The van der Waals surface area contributed by atoms with Crippen LogP contribution < -0.4 is 20.5 Å². The fourth-order valence-electron chi connectivity index (χ4n) is 2.63. The zero-order chi connectivity index (χ0) is 20.8. The van der Waals surface area contributed by atoms with Crippen molar-refractivity contribution in [1.82, 2.24) is 15.1 Å². The van der Waals surface area contributed by atoms with Gasteiger partial charge in [0.25, 0.3) is 6.43 Å². The van der Waals surface area contributed by atoms with Crippen molar-refractivity contribution in [3.63, 3.8) is 0 Å². The summed E-state index contributed by atoms with van der Waals surface area (Å²) >= 11 is 0. The lowest BCUT2D eigenvalue weighted by atomic mass is 10.1. The Hall–Kier alpha value is -3.17. The van der Waals surface area contributed by atoms with Crippen LogP contribution in [0, 0.1) is 0 Å². The van der Waals surface area contributed by atoms with Gasteiger partial charge in [-0.05, 0) is 54.6 Å². The Labute approximate surface area is 178 Å². The topological polar surface area (TPSA) is 91.4 Å². The van der Waals surface area contributed by atoms with Crippen LogP contribution in [0.3, 0.4) is 0 Å². The van der Waals surface area contributed by atoms with Gasteiger partial charge in [0.15, 0.2) is 6.73 Å². The Morgan fingerprint density at radius 1 is 1.13 bits per heavy atom. The molecule has 0 atom stereocenters. The van der Waals surface area contributed by atoms with Crippen molar-refractivity contribution < 1.29 is 23.0 Å². The molecule has 0 fully saturated rings. The SMILES string of the molecule is COc1ccc(-n2nc(C(F)F)cc2-c2ccc(OCNC(=O)CN)cc2)cc1.Cl. The summed E-state index contributed by atoms with van der Waals surface area (Å²) in [5, 5.41) is 6.54. The van der Waals surface area contributed by atoms with Crippen molar-refractivity contribution in [1.29, 1.82) is 0 Å². The van der Waals surface area contributed by atoms with Crippen LogP contribution >= 0.6 is 12.4 Å². The van der Waals surface area contributed by atoms with Crippen LogP contribution in [0.15, 0.2) is 54.6 Å². The number of halogens is 3. The fourth-order valence-corrected chi connectivity index (χ4v) is 2.63. The number of amides is 1. The van der Waals surface area contributed by atoms with E-state index < -0.39 is 6.43 Å². The van der Waals surface area contributed by atoms with Gasteiger partial charge in [0, 0.05) is 5.56 Å². The molecule has 3 N–H and O–H groups in total. The van der Waals surface area contributed by atoms with Gasteiger partial charge in [-0.3, -0.25) is 4.79 Å². The Morgan fingerprint density at radius 2 is 1.77 bits per heavy atom. The molecule has 7 nitrogen and oxygen atoms in total. The molecule has 3 rings (SSSR count). The first-order chi connectivity index (χ1) is 14.0. The molecule has 0 spiro atoms. The van der Waals surface area contributed by atoms with E-state index in [4.69, 9.17) is 15.2 Å². The molecular weight excluding hydrogens is 418 g/mol. The zero-order valence-corrected chi connectivity index (χ0v) is 16.9. The summed E-state index contributed by atoms with van der Waals surface area (Å²) in [5.74, 6) is 0.833. The first kappa shape index (κ1) is 23.1. The number of benzene rings is 2. The first-order valence-electron chi connectivity index (χ1n) is 8.74. The quantitative estimate of drug-likeness (QED) is 0.526. The van der Waals surface area contributed by atoms with E-state index in [1.165, 1.54) is 10.7 Å². The van der Waals surface area contributed by atoms with E-state index in [0.717, 1.165) is 0 Å². The standard InChI is InChI=1S/C20H20F2N4O3.ClH/c1-28-15-8-4-14(5-9-15)26-18(10-17(25-26)20(21)22)13-2-6-16(7-3-13)29-12-24-19(27)11-23;/h2-10,20H,11-12,23H2,1H3,(H,24,27);1H. The van der Waals surface area contributed by atoms with E-state index >= 15 is 0 Å². The molecule has 0 saturated carbocycles. The number of alkyl halides is 2. The molecule has 0 bridgehead atoms. The molecule has 3 aromatic rings. The minimum Gasteiger partial charge on any atom is -0.497 e. The Kier molecular flexibility index (Phi) is 8.14. The summed E-state index contributed by atoms with van der Waals surface area (Å²) in [6.45, 7) is -0.140. The molecule has 2 aromatic carbocycles. The van der Waals surface area contributed by atoms with Crippen LogP contribution in [-0.2, 0) is 4.79 Å². The smallest absolute Gasteiger partial charge is 0.282 e. The van der Waals surface area contributed by atoms with E-state index in [1.54, 1.807) is 55.6 Å². The number of hydrogen-bond donors (Lipinski definition) is 2. The highest BCUT2D eigenvalue weighted by atomic mass is 35.5. The van der Waals surface area contributed by atoms with Crippen LogP contribution in [0.4, 0.5) is 8.78 Å². The first-order valence-corrected chi connectivity index (χ1v) is 8.74. The maximum absolute atomic E-state index is 13.2. The highest BCUT2D eigenvalue weighted by Gasteiger charge is 2.18. The number of rotatable bonds is 8. The van der Waals surface area contributed by atoms with Gasteiger partial charge >= 0.3 is 0 Å². The Balaban J connectivity index is 0.00000320. The lowest BCUT2D eigenvalue weighted by Gasteiger charge is -2.10. The number of carbonyl (C=O) groups is 1. The second-order valence-electron chi connectivity index (χ2n) is 5.98. The Bertz CT molecular complexity index is 963. The molecular formula is C20H21ClF2N4O3. The molecule has 0 aliphatic heterocycles. The number of methoxy groups -OCH3 is 1. The molecule has 0 unspecified atom stereocenters. The molecule has 0 aliphatic carbocycles. The van der Waals surface area contributed by atoms with Crippen molar-refractivity contribution in [2.24, 2.45) is 5.73 Å². The van der Waals surface area contributed by atoms with Crippen molar-refractivity contribution >= 4 is 18.3 Å². The van der Waals surface area contributed by atoms with Crippen molar-refractivity contribution in [3.8, 4) is 28.4 Å². The maximum Gasteiger partial charge on any atom is 0.282 e. The van der Waals surface area contributed by atoms with Crippen molar-refractivity contribution in [2.75, 3.05) is 20.4 Å². The largest absolute Gasteiger partial charge is 0.497 e. The van der Waals surface area contributed by atoms with E-state index in [1.807, 2.05) is 0 Å². The second kappa shape index (κ2) is 10.6. The minimum atomic E-state index is -2.69. The summed E-state index contributed by atoms with van der Waals surface area (Å²) in [6, 6.07) is 15.1. The van der Waals surface area contributed by atoms with Crippen molar-refractivity contribution in [3.05, 3.63) is 60.3 Å². The van der Waals surface area contributed by atoms with Gasteiger partial charge in [-0.2, -0.15) is 5.10 Å². The summed E-state index contributed by atoms with van der Waals surface area (Å²) in [6.07, 6.45) is -2.69. The molecule has 10 heteroatoms. The molecule has 1 aromatic heterocycles. The van der Waals surface area contributed by atoms with Gasteiger partial charge in [0.1, 0.15) is 17.2 Å². The van der Waals surface area contributed by atoms with Crippen LogP contribution in [0.2, 0.25) is 0 Å². The number of hydrogen-bond acceptors (Lipinski definition) is 5. The van der Waals surface area contributed by atoms with Crippen LogP contribution in [-0.4, -0.2) is 36.1 Å². The van der Waals surface area contributed by atoms with Gasteiger partial charge in [-0.15, -0.1) is 12.4 Å². The van der Waals surface area contributed by atoms with Crippen LogP contribution in [0.25, 0.3) is 16.9 Å². The van der Waals surface area contributed by atoms with Crippen molar-refractivity contribution in [2.45, 2.75) is 6.43 Å². The predicted octanol–water partition coefficient (Wildman–Crippen LogP) is 3.32. The maximum atomic E-state index is 13.2. The zero-order valence-electron chi connectivity index (χ0n) is 16.0. The third-order valence-corrected chi connectivity index (χ3v) is 4.11. The van der Waals surface area contributed by atoms with Gasteiger partial charge in [0.2, 0.25) is 5.91 Å². The monoisotopic (exact) mass is 438 g/mol. The molecule has 0 saturated heterocycles. The third kappa shape index (κ3) is 5.46. The van der Waals surface area contributed by atoms with E-state index in [-0.39, 0.29) is 37.3 Å². The van der Waals surface area contributed by atoms with Crippen LogP contribution in [0.1, 0.15) is 12.1 Å². The molecule has 160 valence electrons. The van der Waals surface area contributed by atoms with E-state index in [0.29, 0.717) is 28.4 Å². The van der Waals surface area contributed by atoms with E-state index in [9.17, 15) is 13.6 Å². The number of ether oxygens (including phenoxy) is 2. The average Bonchev–Trinajstić information content (AvgIpc) is 3.20. The van der Waals surface area contributed by atoms with Crippen LogP contribution in [0.5, 0.6) is 11.5 Å². The summed E-state index contributed by atoms with van der Waals surface area (Å²) < 4.78 is 38.5. The van der Waals surface area contributed by atoms with E-state index in [2.05, 4.69) is 10.4 Å². The number of nitrogens with one attached hydrogen (secondary N) is 1. The highest BCUT2D eigenvalue weighted by molar-refractivity contribution is 5.85. The Morgan fingerprint density at radius 3 is 2.33 bits per heavy atom. The average molecular weight is 439 g/mol. The molecule has 0 radical (unpaired) electrons. The lowest BCUT2D eigenvalue weighted by molar-refractivity contribution is -0.120.